The maximum Gasteiger partial charge on any atom is 0.0224 e. The second kappa shape index (κ2) is 3.18. The molecule has 0 bridgehead atoms. The van der Waals surface area contributed by atoms with Crippen LogP contribution in [0.3, 0.4) is 0 Å². The van der Waals surface area contributed by atoms with Crippen LogP contribution in [0.1, 0.15) is 19.3 Å². The summed E-state index contributed by atoms with van der Waals surface area (Å²) in [5.74, 6) is 0. The third-order valence-corrected chi connectivity index (χ3v) is 2.51. The Labute approximate surface area is 55.4 Å². The van der Waals surface area contributed by atoms with E-state index in [9.17, 15) is 0 Å². The summed E-state index contributed by atoms with van der Waals surface area (Å²) in [5.41, 5.74) is 0. The molecule has 1 unspecified atom stereocenters. The predicted molar refractivity (Wildman–Crippen MR) is 40.3 cm³/mol. The highest BCUT2D eigenvalue weighted by Gasteiger charge is 2.03. The Bertz CT molecular complexity index is 86.4. The summed E-state index contributed by atoms with van der Waals surface area (Å²) in [7, 11) is 0. The van der Waals surface area contributed by atoms with Crippen LogP contribution in [0.15, 0.2) is 12.2 Å². The van der Waals surface area contributed by atoms with Crippen molar-refractivity contribution in [2.75, 3.05) is 6.26 Å². The standard InChI is InChI=1S/C7H12S/c1-8-7-5-3-2-4-6-7/h3,5,7H,2,4,6H2,1H3. The Morgan fingerprint density at radius 2 is 2.50 bits per heavy atom. The van der Waals surface area contributed by atoms with Gasteiger partial charge in [0.15, 0.2) is 0 Å². The smallest absolute Gasteiger partial charge is 0.0224 e. The SMILES string of the molecule is CSC1C=CCCC1. The van der Waals surface area contributed by atoms with E-state index in [2.05, 4.69) is 18.4 Å². The fourth-order valence-electron chi connectivity index (χ4n) is 0.978. The van der Waals surface area contributed by atoms with E-state index >= 15 is 0 Å². The molecule has 0 amide bonds. The van der Waals surface area contributed by atoms with Crippen molar-refractivity contribution in [2.24, 2.45) is 0 Å². The molecule has 0 aromatic heterocycles. The second-order valence-corrected chi connectivity index (χ2v) is 3.21. The highest BCUT2D eigenvalue weighted by Crippen LogP contribution is 2.19. The van der Waals surface area contributed by atoms with Crippen molar-refractivity contribution in [3.05, 3.63) is 12.2 Å². The van der Waals surface area contributed by atoms with Crippen molar-refractivity contribution >= 4 is 11.8 Å². The van der Waals surface area contributed by atoms with Crippen molar-refractivity contribution in [1.29, 1.82) is 0 Å². The molecule has 0 aliphatic heterocycles. The van der Waals surface area contributed by atoms with E-state index in [4.69, 9.17) is 0 Å². The number of allylic oxidation sites excluding steroid dienone is 1. The molecular formula is C7H12S. The van der Waals surface area contributed by atoms with E-state index in [-0.39, 0.29) is 0 Å². The summed E-state index contributed by atoms with van der Waals surface area (Å²) >= 11 is 1.96. The van der Waals surface area contributed by atoms with Crippen molar-refractivity contribution in [3.8, 4) is 0 Å². The highest BCUT2D eigenvalue weighted by molar-refractivity contribution is 7.99. The van der Waals surface area contributed by atoms with Gasteiger partial charge in [0.25, 0.3) is 0 Å². The van der Waals surface area contributed by atoms with E-state index in [0.29, 0.717) is 0 Å². The molecule has 0 spiro atoms. The quantitative estimate of drug-likeness (QED) is 0.489. The summed E-state index contributed by atoms with van der Waals surface area (Å²) < 4.78 is 0. The topological polar surface area (TPSA) is 0 Å². The minimum absolute atomic E-state index is 0.823. The molecule has 1 rings (SSSR count). The Morgan fingerprint density at radius 3 is 2.88 bits per heavy atom. The molecule has 1 atom stereocenters. The maximum atomic E-state index is 2.33. The zero-order valence-corrected chi connectivity index (χ0v) is 6.08. The van der Waals surface area contributed by atoms with Gasteiger partial charge in [-0.15, -0.1) is 0 Å². The van der Waals surface area contributed by atoms with E-state index < -0.39 is 0 Å². The van der Waals surface area contributed by atoms with E-state index in [1.807, 2.05) is 11.8 Å². The normalized spacial score (nSPS) is 28.4. The van der Waals surface area contributed by atoms with Gasteiger partial charge in [-0.05, 0) is 25.5 Å². The number of rotatable bonds is 1. The van der Waals surface area contributed by atoms with Crippen LogP contribution in [0.5, 0.6) is 0 Å². The molecule has 0 nitrogen and oxygen atoms in total. The van der Waals surface area contributed by atoms with Crippen LogP contribution >= 0.6 is 11.8 Å². The van der Waals surface area contributed by atoms with Gasteiger partial charge in [-0.3, -0.25) is 0 Å². The van der Waals surface area contributed by atoms with Crippen LogP contribution in [-0.2, 0) is 0 Å². The van der Waals surface area contributed by atoms with Crippen molar-refractivity contribution in [1.82, 2.24) is 0 Å². The minimum Gasteiger partial charge on any atom is -0.158 e. The van der Waals surface area contributed by atoms with Gasteiger partial charge in [-0.2, -0.15) is 11.8 Å². The summed E-state index contributed by atoms with van der Waals surface area (Å²) in [6, 6.07) is 0. The van der Waals surface area contributed by atoms with Gasteiger partial charge >= 0.3 is 0 Å². The van der Waals surface area contributed by atoms with Gasteiger partial charge in [0.1, 0.15) is 0 Å². The number of hydrogen-bond acceptors (Lipinski definition) is 1. The lowest BCUT2D eigenvalue weighted by molar-refractivity contribution is 0.742. The molecule has 1 aliphatic carbocycles. The minimum atomic E-state index is 0.823. The van der Waals surface area contributed by atoms with Gasteiger partial charge in [-0.1, -0.05) is 12.2 Å². The van der Waals surface area contributed by atoms with Crippen LogP contribution in [-0.4, -0.2) is 11.5 Å². The fourth-order valence-corrected chi connectivity index (χ4v) is 1.65. The van der Waals surface area contributed by atoms with E-state index in [0.717, 1.165) is 5.25 Å². The lowest BCUT2D eigenvalue weighted by atomic mass is 10.1. The van der Waals surface area contributed by atoms with E-state index in [1.54, 1.807) is 0 Å². The molecule has 1 aliphatic rings. The van der Waals surface area contributed by atoms with Gasteiger partial charge in [0.2, 0.25) is 0 Å². The molecular weight excluding hydrogens is 116 g/mol. The Balaban J connectivity index is 2.32. The van der Waals surface area contributed by atoms with Crippen LogP contribution in [0.25, 0.3) is 0 Å². The van der Waals surface area contributed by atoms with Gasteiger partial charge in [0.05, 0.1) is 0 Å². The average Bonchev–Trinajstić information content (AvgIpc) is 1.90. The molecule has 0 heterocycles. The molecule has 0 N–H and O–H groups in total. The molecule has 0 saturated heterocycles. The maximum absolute atomic E-state index is 2.33. The number of hydrogen-bond donors (Lipinski definition) is 0. The first-order chi connectivity index (χ1) is 3.93. The van der Waals surface area contributed by atoms with Crippen molar-refractivity contribution in [2.45, 2.75) is 24.5 Å². The van der Waals surface area contributed by atoms with Gasteiger partial charge < -0.3 is 0 Å². The molecule has 0 aromatic rings. The first kappa shape index (κ1) is 6.21. The second-order valence-electron chi connectivity index (χ2n) is 2.13. The van der Waals surface area contributed by atoms with Crippen molar-refractivity contribution in [3.63, 3.8) is 0 Å². The molecule has 1 heteroatoms. The third kappa shape index (κ3) is 1.55. The molecule has 46 valence electrons. The molecule has 0 fully saturated rings. The largest absolute Gasteiger partial charge is 0.158 e. The molecule has 8 heavy (non-hydrogen) atoms. The summed E-state index contributed by atoms with van der Waals surface area (Å²) in [6.45, 7) is 0. The molecule has 0 radical (unpaired) electrons. The van der Waals surface area contributed by atoms with Crippen LogP contribution in [0.2, 0.25) is 0 Å². The zero-order chi connectivity index (χ0) is 5.82. The fraction of sp³-hybridized carbons (Fsp3) is 0.714. The Kier molecular flexibility index (Phi) is 2.47. The van der Waals surface area contributed by atoms with Gasteiger partial charge in [0, 0.05) is 5.25 Å². The summed E-state index contributed by atoms with van der Waals surface area (Å²) in [6.07, 6.45) is 10.9. The van der Waals surface area contributed by atoms with Crippen LogP contribution < -0.4 is 0 Å². The first-order valence-corrected chi connectivity index (χ1v) is 4.42. The van der Waals surface area contributed by atoms with Crippen LogP contribution in [0.4, 0.5) is 0 Å². The van der Waals surface area contributed by atoms with E-state index in [1.165, 1.54) is 19.3 Å². The summed E-state index contributed by atoms with van der Waals surface area (Å²) in [5, 5.41) is 0.823. The summed E-state index contributed by atoms with van der Waals surface area (Å²) in [4.78, 5) is 0. The van der Waals surface area contributed by atoms with Crippen molar-refractivity contribution < 1.29 is 0 Å². The highest BCUT2D eigenvalue weighted by atomic mass is 32.2. The lowest BCUT2D eigenvalue weighted by Gasteiger charge is -2.11. The first-order valence-electron chi connectivity index (χ1n) is 3.13. The molecule has 0 saturated carbocycles. The van der Waals surface area contributed by atoms with Gasteiger partial charge in [-0.25, -0.2) is 0 Å². The Hall–Kier alpha value is 0.0900. The molecule has 0 aromatic carbocycles. The third-order valence-electron chi connectivity index (χ3n) is 1.51. The predicted octanol–water partition coefficient (Wildman–Crippen LogP) is 2.46. The number of thioether (sulfide) groups is 1. The monoisotopic (exact) mass is 128 g/mol. The lowest BCUT2D eigenvalue weighted by Crippen LogP contribution is -2.00. The Morgan fingerprint density at radius 1 is 1.62 bits per heavy atom. The van der Waals surface area contributed by atoms with Crippen LogP contribution in [0, 0.1) is 0 Å². The zero-order valence-electron chi connectivity index (χ0n) is 5.26. The average molecular weight is 128 g/mol.